The molecule has 1 aromatic carbocycles. The van der Waals surface area contributed by atoms with Gasteiger partial charge in [-0.05, 0) is 24.6 Å². The maximum atomic E-state index is 13.5. The van der Waals surface area contributed by atoms with Gasteiger partial charge in [0.05, 0.1) is 6.61 Å². The summed E-state index contributed by atoms with van der Waals surface area (Å²) in [6.45, 7) is 3.42. The third-order valence-corrected chi connectivity index (χ3v) is 2.08. The Morgan fingerprint density at radius 1 is 1.35 bits per heavy atom. The number of nitrogens with one attached hydrogen (secondary N) is 1. The molecule has 0 aliphatic heterocycles. The van der Waals surface area contributed by atoms with Gasteiger partial charge < -0.3 is 15.2 Å². The molecule has 0 fully saturated rings. The van der Waals surface area contributed by atoms with Crippen molar-refractivity contribution in [2.75, 3.05) is 19.8 Å². The van der Waals surface area contributed by atoms with Crippen molar-refractivity contribution in [2.24, 2.45) is 5.73 Å². The van der Waals surface area contributed by atoms with Crippen molar-refractivity contribution in [3.63, 3.8) is 0 Å². The van der Waals surface area contributed by atoms with Crippen LogP contribution >= 0.6 is 0 Å². The molecule has 3 N–H and O–H groups in total. The highest BCUT2D eigenvalue weighted by molar-refractivity contribution is 5.95. The fourth-order valence-electron chi connectivity index (χ4n) is 1.24. The summed E-state index contributed by atoms with van der Waals surface area (Å²) in [6, 6.07) is 4.20. The van der Waals surface area contributed by atoms with Crippen LogP contribution in [0.3, 0.4) is 0 Å². The molecule has 0 bridgehead atoms. The highest BCUT2D eigenvalue weighted by Crippen LogP contribution is 2.17. The van der Waals surface area contributed by atoms with Gasteiger partial charge in [-0.1, -0.05) is 6.92 Å². The number of benzene rings is 1. The summed E-state index contributed by atoms with van der Waals surface area (Å²) >= 11 is 0. The van der Waals surface area contributed by atoms with E-state index in [9.17, 15) is 4.39 Å². The summed E-state index contributed by atoms with van der Waals surface area (Å²) in [4.78, 5) is 0. The van der Waals surface area contributed by atoms with Crippen molar-refractivity contribution in [3.05, 3.63) is 29.6 Å². The van der Waals surface area contributed by atoms with Crippen LogP contribution in [-0.2, 0) is 4.74 Å². The second kappa shape index (κ2) is 6.85. The van der Waals surface area contributed by atoms with Gasteiger partial charge in [0.25, 0.3) is 0 Å². The Kier molecular flexibility index (Phi) is 5.42. The van der Waals surface area contributed by atoms with Crippen molar-refractivity contribution in [3.8, 4) is 5.75 Å². The number of hydrogen-bond acceptors (Lipinski definition) is 3. The Bertz CT molecular complexity index is 383. The molecule has 0 radical (unpaired) electrons. The minimum absolute atomic E-state index is 0.148. The highest BCUT2D eigenvalue weighted by atomic mass is 19.1. The third-order valence-electron chi connectivity index (χ3n) is 2.08. The largest absolute Gasteiger partial charge is 0.488 e. The lowest BCUT2D eigenvalue weighted by Crippen LogP contribution is -2.12. The van der Waals surface area contributed by atoms with Crippen LogP contribution in [0.4, 0.5) is 4.39 Å². The Hall–Kier alpha value is -1.62. The number of amidine groups is 1. The van der Waals surface area contributed by atoms with E-state index in [1.54, 1.807) is 6.07 Å². The fraction of sp³-hybridized carbons (Fsp3) is 0.417. The van der Waals surface area contributed by atoms with Crippen LogP contribution in [-0.4, -0.2) is 25.7 Å². The standard InChI is InChI=1S/C12H17FN2O2/c1-2-5-16-6-7-17-11-4-3-9(12(14)15)8-10(11)13/h3-4,8H,2,5-7H2,1H3,(H3,14,15). The SMILES string of the molecule is CCCOCCOc1ccc(C(=N)N)cc1F. The summed E-state index contributed by atoms with van der Waals surface area (Å²) in [5.74, 6) is -0.537. The second-order valence-electron chi connectivity index (χ2n) is 3.52. The molecule has 94 valence electrons. The topological polar surface area (TPSA) is 68.3 Å². The molecule has 0 heterocycles. The van der Waals surface area contributed by atoms with Gasteiger partial charge in [-0.2, -0.15) is 0 Å². The zero-order valence-electron chi connectivity index (χ0n) is 9.83. The normalized spacial score (nSPS) is 10.2. The second-order valence-corrected chi connectivity index (χ2v) is 3.52. The van der Waals surface area contributed by atoms with E-state index in [2.05, 4.69) is 0 Å². The zero-order chi connectivity index (χ0) is 12.7. The first-order valence-electron chi connectivity index (χ1n) is 5.49. The van der Waals surface area contributed by atoms with Crippen LogP contribution < -0.4 is 10.5 Å². The molecule has 0 aromatic heterocycles. The molecule has 0 atom stereocenters. The fourth-order valence-corrected chi connectivity index (χ4v) is 1.24. The molecule has 5 heteroatoms. The molecule has 17 heavy (non-hydrogen) atoms. The average Bonchev–Trinajstić information content (AvgIpc) is 2.30. The van der Waals surface area contributed by atoms with E-state index in [1.165, 1.54) is 12.1 Å². The molecule has 1 rings (SSSR count). The maximum absolute atomic E-state index is 13.5. The Morgan fingerprint density at radius 2 is 2.12 bits per heavy atom. The van der Waals surface area contributed by atoms with Gasteiger partial charge in [-0.25, -0.2) is 4.39 Å². The lowest BCUT2D eigenvalue weighted by molar-refractivity contribution is 0.0992. The summed E-state index contributed by atoms with van der Waals surface area (Å²) in [7, 11) is 0. The minimum Gasteiger partial charge on any atom is -0.488 e. The monoisotopic (exact) mass is 240 g/mol. The lowest BCUT2D eigenvalue weighted by Gasteiger charge is -2.08. The molecule has 0 saturated carbocycles. The van der Waals surface area contributed by atoms with Crippen LogP contribution in [0.25, 0.3) is 0 Å². The van der Waals surface area contributed by atoms with Crippen LogP contribution in [0.15, 0.2) is 18.2 Å². The predicted octanol–water partition coefficient (Wildman–Crippen LogP) is 1.92. The highest BCUT2D eigenvalue weighted by Gasteiger charge is 2.06. The van der Waals surface area contributed by atoms with E-state index < -0.39 is 5.82 Å². The van der Waals surface area contributed by atoms with E-state index >= 15 is 0 Å². The first kappa shape index (κ1) is 13.4. The van der Waals surface area contributed by atoms with Gasteiger partial charge in [0.2, 0.25) is 0 Å². The third kappa shape index (κ3) is 4.40. The molecule has 4 nitrogen and oxygen atoms in total. The Morgan fingerprint density at radius 3 is 2.71 bits per heavy atom. The minimum atomic E-state index is -0.520. The van der Waals surface area contributed by atoms with Crippen molar-refractivity contribution < 1.29 is 13.9 Å². The lowest BCUT2D eigenvalue weighted by atomic mass is 10.2. The molecular weight excluding hydrogens is 223 g/mol. The van der Waals surface area contributed by atoms with Gasteiger partial charge in [0, 0.05) is 12.2 Å². The molecule has 0 amide bonds. The smallest absolute Gasteiger partial charge is 0.165 e. The number of ether oxygens (including phenoxy) is 2. The van der Waals surface area contributed by atoms with E-state index in [0.29, 0.717) is 25.4 Å². The summed E-state index contributed by atoms with van der Waals surface area (Å²) in [5, 5.41) is 7.17. The van der Waals surface area contributed by atoms with Crippen LogP contribution in [0.2, 0.25) is 0 Å². The number of rotatable bonds is 7. The maximum Gasteiger partial charge on any atom is 0.165 e. The number of nitrogens with two attached hydrogens (primary N) is 1. The molecule has 0 spiro atoms. The van der Waals surface area contributed by atoms with Crippen molar-refractivity contribution in [1.82, 2.24) is 0 Å². The molecule has 1 aromatic rings. The molecular formula is C12H17FN2O2. The van der Waals surface area contributed by atoms with E-state index in [1.807, 2.05) is 6.92 Å². The summed E-state index contributed by atoms with van der Waals surface area (Å²) in [6.07, 6.45) is 0.946. The number of halogens is 1. The number of nitrogen functional groups attached to an aromatic ring is 1. The van der Waals surface area contributed by atoms with E-state index in [-0.39, 0.29) is 11.6 Å². The first-order chi connectivity index (χ1) is 8.15. The van der Waals surface area contributed by atoms with E-state index in [0.717, 1.165) is 6.42 Å². The first-order valence-corrected chi connectivity index (χ1v) is 5.49. The van der Waals surface area contributed by atoms with Crippen molar-refractivity contribution in [1.29, 1.82) is 5.41 Å². The number of hydrogen-bond donors (Lipinski definition) is 2. The molecule has 0 saturated heterocycles. The van der Waals surface area contributed by atoms with Gasteiger partial charge in [-0.3, -0.25) is 5.41 Å². The van der Waals surface area contributed by atoms with Gasteiger partial charge >= 0.3 is 0 Å². The van der Waals surface area contributed by atoms with E-state index in [4.69, 9.17) is 20.6 Å². The van der Waals surface area contributed by atoms with Gasteiger partial charge in [-0.15, -0.1) is 0 Å². The molecule has 0 aliphatic carbocycles. The van der Waals surface area contributed by atoms with Crippen molar-refractivity contribution in [2.45, 2.75) is 13.3 Å². The Labute approximate surface area is 100 Å². The van der Waals surface area contributed by atoms with Crippen molar-refractivity contribution >= 4 is 5.84 Å². The summed E-state index contributed by atoms with van der Waals surface area (Å²) in [5.41, 5.74) is 5.59. The Balaban J connectivity index is 2.46. The summed E-state index contributed by atoms with van der Waals surface area (Å²) < 4.78 is 23.9. The average molecular weight is 240 g/mol. The van der Waals surface area contributed by atoms with Crippen LogP contribution in [0.5, 0.6) is 5.75 Å². The predicted molar refractivity (Wildman–Crippen MR) is 64.0 cm³/mol. The molecule has 0 unspecified atom stereocenters. The zero-order valence-corrected chi connectivity index (χ0v) is 9.83. The van der Waals surface area contributed by atoms with Crippen LogP contribution in [0.1, 0.15) is 18.9 Å². The van der Waals surface area contributed by atoms with Crippen LogP contribution in [0, 0.1) is 11.2 Å². The van der Waals surface area contributed by atoms with Gasteiger partial charge in [0.1, 0.15) is 12.4 Å². The molecule has 0 aliphatic rings. The quantitative estimate of drug-likeness (QED) is 0.434. The van der Waals surface area contributed by atoms with Gasteiger partial charge in [0.15, 0.2) is 11.6 Å².